The van der Waals surface area contributed by atoms with E-state index in [-0.39, 0.29) is 23.4 Å². The van der Waals surface area contributed by atoms with Crippen molar-refractivity contribution in [3.8, 4) is 0 Å². The second-order valence-corrected chi connectivity index (χ2v) is 5.75. The molecule has 1 amide bonds. The smallest absolute Gasteiger partial charge is 0.270 e. The van der Waals surface area contributed by atoms with Gasteiger partial charge in [0, 0.05) is 18.4 Å². The molecular formula is C20H19FN4O. The number of hydrogen-bond acceptors (Lipinski definition) is 4. The predicted octanol–water partition coefficient (Wildman–Crippen LogP) is 3.72. The fraction of sp³-hybridized carbons (Fsp3) is 0.150. The molecule has 0 saturated carbocycles. The lowest BCUT2D eigenvalue weighted by Gasteiger charge is -2.07. The fourth-order valence-electron chi connectivity index (χ4n) is 2.47. The van der Waals surface area contributed by atoms with Crippen LogP contribution in [-0.4, -0.2) is 22.4 Å². The molecule has 132 valence electrons. The number of halogens is 1. The first kappa shape index (κ1) is 17.5. The van der Waals surface area contributed by atoms with Gasteiger partial charge in [0.25, 0.3) is 5.91 Å². The Morgan fingerprint density at radius 2 is 1.88 bits per heavy atom. The Bertz CT molecular complexity index is 870. The van der Waals surface area contributed by atoms with Crippen LogP contribution >= 0.6 is 0 Å². The van der Waals surface area contributed by atoms with Crippen LogP contribution in [-0.2, 0) is 6.42 Å². The molecule has 3 rings (SSSR count). The van der Waals surface area contributed by atoms with Gasteiger partial charge in [-0.15, -0.1) is 0 Å². The van der Waals surface area contributed by atoms with E-state index in [0.29, 0.717) is 12.2 Å². The maximum absolute atomic E-state index is 13.2. The average molecular weight is 350 g/mol. The number of carbonyl (C=O) groups excluding carboxylic acids is 1. The highest BCUT2D eigenvalue weighted by atomic mass is 19.1. The number of carbonyl (C=O) groups is 1. The number of aryl methyl sites for hydroxylation is 1. The van der Waals surface area contributed by atoms with Gasteiger partial charge in [0.05, 0.1) is 0 Å². The summed E-state index contributed by atoms with van der Waals surface area (Å²) in [5.74, 6) is -0.377. The number of rotatable bonds is 7. The van der Waals surface area contributed by atoms with E-state index in [2.05, 4.69) is 32.7 Å². The van der Waals surface area contributed by atoms with Crippen LogP contribution in [0.1, 0.15) is 22.5 Å². The summed E-state index contributed by atoms with van der Waals surface area (Å²) in [6, 6.07) is 17.6. The minimum atomic E-state index is -0.359. The van der Waals surface area contributed by atoms with Crippen molar-refractivity contribution >= 4 is 17.5 Å². The third-order valence-electron chi connectivity index (χ3n) is 3.74. The molecule has 0 fully saturated rings. The quantitative estimate of drug-likeness (QED) is 0.637. The summed E-state index contributed by atoms with van der Waals surface area (Å²) in [6.45, 7) is 0.560. The number of nitrogens with one attached hydrogen (secondary N) is 2. The minimum Gasteiger partial charge on any atom is -0.351 e. The molecule has 0 atom stereocenters. The van der Waals surface area contributed by atoms with Gasteiger partial charge in [-0.05, 0) is 42.7 Å². The molecule has 1 heterocycles. The standard InChI is InChI=1S/C20H19FN4O/c21-16-9-4-10-17(14-16)24-20-23-13-11-18(25-20)19(26)22-12-5-8-15-6-2-1-3-7-15/h1-4,6-7,9-11,13-14H,5,8,12H2,(H,22,26)(H,23,24,25). The summed E-state index contributed by atoms with van der Waals surface area (Å²) < 4.78 is 13.2. The van der Waals surface area contributed by atoms with Gasteiger partial charge in [0.15, 0.2) is 0 Å². The van der Waals surface area contributed by atoms with Crippen molar-refractivity contribution in [3.63, 3.8) is 0 Å². The summed E-state index contributed by atoms with van der Waals surface area (Å²) in [5.41, 5.74) is 2.02. The van der Waals surface area contributed by atoms with E-state index in [9.17, 15) is 9.18 Å². The monoisotopic (exact) mass is 350 g/mol. The lowest BCUT2D eigenvalue weighted by molar-refractivity contribution is 0.0948. The van der Waals surface area contributed by atoms with Gasteiger partial charge < -0.3 is 10.6 Å². The molecule has 1 aromatic heterocycles. The summed E-state index contributed by atoms with van der Waals surface area (Å²) in [4.78, 5) is 20.5. The van der Waals surface area contributed by atoms with Gasteiger partial charge in [0.1, 0.15) is 11.5 Å². The van der Waals surface area contributed by atoms with Crippen LogP contribution in [0.4, 0.5) is 16.0 Å². The Labute approximate surface area is 151 Å². The largest absolute Gasteiger partial charge is 0.351 e. The van der Waals surface area contributed by atoms with Gasteiger partial charge in [-0.25, -0.2) is 14.4 Å². The first-order chi connectivity index (χ1) is 12.7. The van der Waals surface area contributed by atoms with Crippen molar-refractivity contribution in [3.05, 3.63) is 83.9 Å². The Morgan fingerprint density at radius 1 is 1.04 bits per heavy atom. The first-order valence-electron chi connectivity index (χ1n) is 8.38. The maximum Gasteiger partial charge on any atom is 0.270 e. The number of hydrogen-bond donors (Lipinski definition) is 2. The van der Waals surface area contributed by atoms with Gasteiger partial charge in [-0.2, -0.15) is 0 Å². The Morgan fingerprint density at radius 3 is 2.69 bits per heavy atom. The van der Waals surface area contributed by atoms with Crippen molar-refractivity contribution in [1.29, 1.82) is 0 Å². The lowest BCUT2D eigenvalue weighted by Crippen LogP contribution is -2.26. The minimum absolute atomic E-state index is 0.243. The van der Waals surface area contributed by atoms with Crippen molar-refractivity contribution in [2.45, 2.75) is 12.8 Å². The Hall–Kier alpha value is -3.28. The predicted molar refractivity (Wildman–Crippen MR) is 98.8 cm³/mol. The maximum atomic E-state index is 13.2. The summed E-state index contributed by atoms with van der Waals surface area (Å²) in [6.07, 6.45) is 3.24. The molecule has 2 N–H and O–H groups in total. The van der Waals surface area contributed by atoms with E-state index in [1.807, 2.05) is 18.2 Å². The van der Waals surface area contributed by atoms with Gasteiger partial charge in [-0.1, -0.05) is 36.4 Å². The molecule has 6 heteroatoms. The highest BCUT2D eigenvalue weighted by molar-refractivity contribution is 5.92. The van der Waals surface area contributed by atoms with Crippen LogP contribution in [0.15, 0.2) is 66.9 Å². The van der Waals surface area contributed by atoms with Crippen LogP contribution in [0.3, 0.4) is 0 Å². The topological polar surface area (TPSA) is 66.9 Å². The number of nitrogens with zero attached hydrogens (tertiary/aromatic N) is 2. The summed E-state index contributed by atoms with van der Waals surface area (Å²) in [5, 5.41) is 5.74. The average Bonchev–Trinajstić information content (AvgIpc) is 2.66. The molecule has 0 bridgehead atoms. The van der Waals surface area contributed by atoms with Crippen LogP contribution in [0.2, 0.25) is 0 Å². The Balaban J connectivity index is 1.53. The zero-order valence-electron chi connectivity index (χ0n) is 14.2. The molecular weight excluding hydrogens is 331 g/mol. The number of benzene rings is 2. The number of aromatic nitrogens is 2. The third kappa shape index (κ3) is 5.11. The molecule has 0 aliphatic heterocycles. The second kappa shape index (κ2) is 8.71. The van der Waals surface area contributed by atoms with Gasteiger partial charge in [0.2, 0.25) is 5.95 Å². The molecule has 0 aliphatic rings. The van der Waals surface area contributed by atoms with Gasteiger partial charge >= 0.3 is 0 Å². The zero-order valence-corrected chi connectivity index (χ0v) is 14.2. The lowest BCUT2D eigenvalue weighted by atomic mass is 10.1. The van der Waals surface area contributed by atoms with E-state index in [4.69, 9.17) is 0 Å². The van der Waals surface area contributed by atoms with Crippen LogP contribution in [0.25, 0.3) is 0 Å². The van der Waals surface area contributed by atoms with E-state index in [0.717, 1.165) is 12.8 Å². The number of anilines is 2. The van der Waals surface area contributed by atoms with E-state index >= 15 is 0 Å². The van der Waals surface area contributed by atoms with Crippen molar-refractivity contribution in [2.75, 3.05) is 11.9 Å². The highest BCUT2D eigenvalue weighted by Gasteiger charge is 2.08. The van der Waals surface area contributed by atoms with Crippen molar-refractivity contribution in [1.82, 2.24) is 15.3 Å². The summed E-state index contributed by atoms with van der Waals surface area (Å²) >= 11 is 0. The molecule has 0 spiro atoms. The second-order valence-electron chi connectivity index (χ2n) is 5.75. The van der Waals surface area contributed by atoms with Crippen molar-refractivity contribution < 1.29 is 9.18 Å². The van der Waals surface area contributed by atoms with Crippen LogP contribution in [0, 0.1) is 5.82 Å². The molecule has 0 saturated heterocycles. The molecule has 3 aromatic rings. The molecule has 0 unspecified atom stereocenters. The van der Waals surface area contributed by atoms with Gasteiger partial charge in [-0.3, -0.25) is 4.79 Å². The van der Waals surface area contributed by atoms with E-state index in [1.165, 1.54) is 23.9 Å². The molecule has 26 heavy (non-hydrogen) atoms. The van der Waals surface area contributed by atoms with Crippen molar-refractivity contribution in [2.24, 2.45) is 0 Å². The molecule has 2 aromatic carbocycles. The number of amides is 1. The normalized spacial score (nSPS) is 10.3. The van der Waals surface area contributed by atoms with E-state index < -0.39 is 0 Å². The molecule has 5 nitrogen and oxygen atoms in total. The molecule has 0 radical (unpaired) electrons. The van der Waals surface area contributed by atoms with Crippen LogP contribution < -0.4 is 10.6 Å². The third-order valence-corrected chi connectivity index (χ3v) is 3.74. The van der Waals surface area contributed by atoms with Crippen LogP contribution in [0.5, 0.6) is 0 Å². The van der Waals surface area contributed by atoms with E-state index in [1.54, 1.807) is 18.2 Å². The summed E-state index contributed by atoms with van der Waals surface area (Å²) in [7, 11) is 0. The first-order valence-corrected chi connectivity index (χ1v) is 8.38. The molecule has 0 aliphatic carbocycles. The Kier molecular flexibility index (Phi) is 5.88. The highest BCUT2D eigenvalue weighted by Crippen LogP contribution is 2.14. The fourth-order valence-corrected chi connectivity index (χ4v) is 2.47. The zero-order chi connectivity index (χ0) is 18.2. The SMILES string of the molecule is O=C(NCCCc1ccccc1)c1ccnc(Nc2cccc(F)c2)n1.